The molecule has 1 N–H and O–H groups in total. The summed E-state index contributed by atoms with van der Waals surface area (Å²) in [6, 6.07) is 3.64. The molecule has 3 nitrogen and oxygen atoms in total. The highest BCUT2D eigenvalue weighted by atomic mass is 16.2. The summed E-state index contributed by atoms with van der Waals surface area (Å²) in [6.07, 6.45) is 1.69. The first-order chi connectivity index (χ1) is 6.39. The van der Waals surface area contributed by atoms with Crippen LogP contribution in [0.5, 0.6) is 0 Å². The Morgan fingerprint density at radius 1 is 1.43 bits per heavy atom. The molecular formula is C11H16N2O. The smallest absolute Gasteiger partial charge is 0.229 e. The van der Waals surface area contributed by atoms with Crippen molar-refractivity contribution >= 4 is 11.6 Å². The first-order valence-corrected chi connectivity index (χ1v) is 4.64. The molecule has 1 amide bonds. The normalized spacial score (nSPS) is 11.1. The molecule has 14 heavy (non-hydrogen) atoms. The Labute approximate surface area is 84.6 Å². The SMILES string of the molecule is Cc1cc(NC(=O)C(C)(C)C)ccn1. The van der Waals surface area contributed by atoms with E-state index >= 15 is 0 Å². The Hall–Kier alpha value is -1.38. The second kappa shape index (κ2) is 3.78. The lowest BCUT2D eigenvalue weighted by atomic mass is 9.95. The number of amides is 1. The van der Waals surface area contributed by atoms with Gasteiger partial charge in [0.25, 0.3) is 0 Å². The summed E-state index contributed by atoms with van der Waals surface area (Å²) in [5.74, 6) is 0.0168. The van der Waals surface area contributed by atoms with Gasteiger partial charge in [-0.25, -0.2) is 0 Å². The molecule has 3 heteroatoms. The highest BCUT2D eigenvalue weighted by molar-refractivity contribution is 5.94. The van der Waals surface area contributed by atoms with Gasteiger partial charge in [0.05, 0.1) is 0 Å². The molecule has 1 heterocycles. The first kappa shape index (κ1) is 10.7. The lowest BCUT2D eigenvalue weighted by Gasteiger charge is -2.17. The van der Waals surface area contributed by atoms with E-state index in [1.807, 2.05) is 33.8 Å². The Kier molecular flexibility index (Phi) is 2.89. The topological polar surface area (TPSA) is 42.0 Å². The molecule has 0 radical (unpaired) electrons. The van der Waals surface area contributed by atoms with Gasteiger partial charge in [-0.2, -0.15) is 0 Å². The van der Waals surface area contributed by atoms with Gasteiger partial charge in [-0.15, -0.1) is 0 Å². The van der Waals surface area contributed by atoms with Crippen LogP contribution in [-0.4, -0.2) is 10.9 Å². The van der Waals surface area contributed by atoms with Crippen LogP contribution in [0.2, 0.25) is 0 Å². The zero-order valence-electron chi connectivity index (χ0n) is 9.09. The summed E-state index contributed by atoms with van der Waals surface area (Å²) in [7, 11) is 0. The van der Waals surface area contributed by atoms with Crippen LogP contribution >= 0.6 is 0 Å². The van der Waals surface area contributed by atoms with Gasteiger partial charge >= 0.3 is 0 Å². The number of anilines is 1. The monoisotopic (exact) mass is 192 g/mol. The van der Waals surface area contributed by atoms with Gasteiger partial charge < -0.3 is 5.32 Å². The van der Waals surface area contributed by atoms with Crippen molar-refractivity contribution in [3.63, 3.8) is 0 Å². The van der Waals surface area contributed by atoms with E-state index in [9.17, 15) is 4.79 Å². The minimum atomic E-state index is -0.364. The molecule has 0 unspecified atom stereocenters. The molecule has 1 aromatic rings. The number of nitrogens with one attached hydrogen (secondary N) is 1. The number of rotatable bonds is 1. The van der Waals surface area contributed by atoms with Gasteiger partial charge in [0.15, 0.2) is 0 Å². The minimum Gasteiger partial charge on any atom is -0.326 e. The molecule has 0 aliphatic rings. The molecule has 0 spiro atoms. The number of carbonyl (C=O) groups is 1. The van der Waals surface area contributed by atoms with E-state index < -0.39 is 0 Å². The van der Waals surface area contributed by atoms with Crippen LogP contribution in [0.25, 0.3) is 0 Å². The maximum absolute atomic E-state index is 11.6. The third-order valence-corrected chi connectivity index (χ3v) is 1.84. The summed E-state index contributed by atoms with van der Waals surface area (Å²) in [6.45, 7) is 7.55. The molecule has 0 aliphatic heterocycles. The minimum absolute atomic E-state index is 0.0168. The summed E-state index contributed by atoms with van der Waals surface area (Å²) in [4.78, 5) is 15.7. The van der Waals surface area contributed by atoms with E-state index in [0.717, 1.165) is 11.4 Å². The number of hydrogen-bond acceptors (Lipinski definition) is 2. The zero-order valence-corrected chi connectivity index (χ0v) is 9.09. The Bertz CT molecular complexity index is 339. The number of pyridine rings is 1. The van der Waals surface area contributed by atoms with Crippen LogP contribution < -0.4 is 5.32 Å². The quantitative estimate of drug-likeness (QED) is 0.742. The van der Waals surface area contributed by atoms with Crippen LogP contribution in [0.4, 0.5) is 5.69 Å². The number of aromatic nitrogens is 1. The van der Waals surface area contributed by atoms with Gasteiger partial charge in [0, 0.05) is 23.0 Å². The Balaban J connectivity index is 2.75. The molecule has 1 aromatic heterocycles. The number of carbonyl (C=O) groups excluding carboxylic acids is 1. The second-order valence-corrected chi connectivity index (χ2v) is 4.39. The number of nitrogens with zero attached hydrogens (tertiary/aromatic N) is 1. The largest absolute Gasteiger partial charge is 0.326 e. The average molecular weight is 192 g/mol. The molecule has 0 saturated heterocycles. The molecule has 0 aromatic carbocycles. The van der Waals surface area contributed by atoms with Gasteiger partial charge in [0.1, 0.15) is 0 Å². The number of aryl methyl sites for hydroxylation is 1. The van der Waals surface area contributed by atoms with Crippen molar-refractivity contribution in [2.45, 2.75) is 27.7 Å². The van der Waals surface area contributed by atoms with Crippen LogP contribution in [0, 0.1) is 12.3 Å². The van der Waals surface area contributed by atoms with Crippen molar-refractivity contribution in [2.75, 3.05) is 5.32 Å². The third-order valence-electron chi connectivity index (χ3n) is 1.84. The standard InChI is InChI=1S/C11H16N2O/c1-8-7-9(5-6-12-8)13-10(14)11(2,3)4/h5-7H,1-4H3,(H,12,13,14). The maximum atomic E-state index is 11.6. The van der Waals surface area contributed by atoms with E-state index in [1.54, 1.807) is 12.3 Å². The van der Waals surface area contributed by atoms with Crippen LogP contribution in [-0.2, 0) is 4.79 Å². The molecule has 0 aliphatic carbocycles. The van der Waals surface area contributed by atoms with Gasteiger partial charge in [-0.1, -0.05) is 20.8 Å². The summed E-state index contributed by atoms with van der Waals surface area (Å²) >= 11 is 0. The van der Waals surface area contributed by atoms with E-state index in [-0.39, 0.29) is 11.3 Å². The van der Waals surface area contributed by atoms with Gasteiger partial charge in [-0.3, -0.25) is 9.78 Å². The summed E-state index contributed by atoms with van der Waals surface area (Å²) in [5, 5.41) is 2.84. The first-order valence-electron chi connectivity index (χ1n) is 4.64. The third kappa shape index (κ3) is 2.83. The van der Waals surface area contributed by atoms with Crippen molar-refractivity contribution < 1.29 is 4.79 Å². The maximum Gasteiger partial charge on any atom is 0.229 e. The predicted molar refractivity (Wildman–Crippen MR) is 57.1 cm³/mol. The van der Waals surface area contributed by atoms with Crippen molar-refractivity contribution in [3.05, 3.63) is 24.0 Å². The fourth-order valence-electron chi connectivity index (χ4n) is 0.942. The fraction of sp³-hybridized carbons (Fsp3) is 0.455. The fourth-order valence-corrected chi connectivity index (χ4v) is 0.942. The average Bonchev–Trinajstić information content (AvgIpc) is 2.02. The van der Waals surface area contributed by atoms with Crippen molar-refractivity contribution in [1.29, 1.82) is 0 Å². The predicted octanol–water partition coefficient (Wildman–Crippen LogP) is 2.37. The van der Waals surface area contributed by atoms with Crippen LogP contribution in [0.15, 0.2) is 18.3 Å². The van der Waals surface area contributed by atoms with Gasteiger partial charge in [-0.05, 0) is 19.1 Å². The zero-order chi connectivity index (χ0) is 10.8. The highest BCUT2D eigenvalue weighted by Crippen LogP contribution is 2.17. The van der Waals surface area contributed by atoms with Gasteiger partial charge in [0.2, 0.25) is 5.91 Å². The molecule has 76 valence electrons. The van der Waals surface area contributed by atoms with E-state index in [2.05, 4.69) is 10.3 Å². The molecule has 0 saturated carbocycles. The highest BCUT2D eigenvalue weighted by Gasteiger charge is 2.20. The molecule has 1 rings (SSSR count). The van der Waals surface area contributed by atoms with Crippen molar-refractivity contribution in [1.82, 2.24) is 4.98 Å². The lowest BCUT2D eigenvalue weighted by Crippen LogP contribution is -2.27. The molecular weight excluding hydrogens is 176 g/mol. The summed E-state index contributed by atoms with van der Waals surface area (Å²) in [5.41, 5.74) is 1.34. The van der Waals surface area contributed by atoms with E-state index in [4.69, 9.17) is 0 Å². The second-order valence-electron chi connectivity index (χ2n) is 4.39. The summed E-state index contributed by atoms with van der Waals surface area (Å²) < 4.78 is 0. The Morgan fingerprint density at radius 3 is 2.57 bits per heavy atom. The molecule has 0 bridgehead atoms. The van der Waals surface area contributed by atoms with Crippen LogP contribution in [0.1, 0.15) is 26.5 Å². The Morgan fingerprint density at radius 2 is 2.07 bits per heavy atom. The van der Waals surface area contributed by atoms with Crippen LogP contribution in [0.3, 0.4) is 0 Å². The molecule has 0 atom stereocenters. The molecule has 0 fully saturated rings. The lowest BCUT2D eigenvalue weighted by molar-refractivity contribution is -0.123. The number of hydrogen-bond donors (Lipinski definition) is 1. The van der Waals surface area contributed by atoms with E-state index in [1.165, 1.54) is 0 Å². The van der Waals surface area contributed by atoms with Crippen molar-refractivity contribution in [3.8, 4) is 0 Å². The van der Waals surface area contributed by atoms with E-state index in [0.29, 0.717) is 0 Å². The van der Waals surface area contributed by atoms with Crippen molar-refractivity contribution in [2.24, 2.45) is 5.41 Å².